The van der Waals surface area contributed by atoms with Gasteiger partial charge in [0.1, 0.15) is 11.7 Å². The van der Waals surface area contributed by atoms with Crippen LogP contribution < -0.4 is 5.32 Å². The minimum atomic E-state index is -1.09. The topological polar surface area (TPSA) is 81.7 Å². The van der Waals surface area contributed by atoms with Gasteiger partial charge in [0, 0.05) is 33.3 Å². The largest absolute Gasteiger partial charge is 0.465 e. The summed E-state index contributed by atoms with van der Waals surface area (Å²) in [6, 6.07) is 9.92. The highest BCUT2D eigenvalue weighted by atomic mass is 32.1. The molecule has 4 rings (SSSR count). The number of carbonyl (C=O) groups is 3. The lowest BCUT2D eigenvalue weighted by molar-refractivity contribution is -0.152. The van der Waals surface area contributed by atoms with Crippen LogP contribution in [0.15, 0.2) is 64.3 Å². The van der Waals surface area contributed by atoms with Crippen molar-refractivity contribution >= 4 is 29.1 Å². The van der Waals surface area contributed by atoms with Crippen LogP contribution in [0.2, 0.25) is 0 Å². The minimum Gasteiger partial charge on any atom is -0.465 e. The molecule has 1 N–H and O–H groups in total. The van der Waals surface area contributed by atoms with Gasteiger partial charge < -0.3 is 14.8 Å². The molecule has 0 saturated carbocycles. The van der Waals surface area contributed by atoms with Crippen molar-refractivity contribution in [3.05, 3.63) is 80.6 Å². The van der Waals surface area contributed by atoms with Crippen LogP contribution in [-0.4, -0.2) is 30.9 Å². The van der Waals surface area contributed by atoms with Crippen molar-refractivity contribution in [1.29, 1.82) is 0 Å². The number of hydrogen-bond acceptors (Lipinski definition) is 7. The molecule has 1 aliphatic heterocycles. The highest BCUT2D eigenvalue weighted by Gasteiger charge is 2.50. The fourth-order valence-corrected chi connectivity index (χ4v) is 6.00. The minimum absolute atomic E-state index is 0.134. The first-order valence-electron chi connectivity index (χ1n) is 12.3. The van der Waals surface area contributed by atoms with E-state index in [1.54, 1.807) is 32.0 Å². The third-order valence-corrected chi connectivity index (χ3v) is 7.57. The number of carbonyl (C=O) groups excluding carboxylic acids is 3. The zero-order valence-electron chi connectivity index (χ0n) is 20.6. The summed E-state index contributed by atoms with van der Waals surface area (Å²) in [5.41, 5.74) is 1.88. The Morgan fingerprint density at radius 3 is 2.47 bits per heavy atom. The van der Waals surface area contributed by atoms with Gasteiger partial charge >= 0.3 is 11.9 Å². The molecular weight excluding hydrogens is 481 g/mol. The first-order chi connectivity index (χ1) is 17.4. The summed E-state index contributed by atoms with van der Waals surface area (Å²) in [5.74, 6) is -4.70. The predicted octanol–water partition coefficient (Wildman–Crippen LogP) is 5.38. The number of benzene rings is 1. The van der Waals surface area contributed by atoms with Crippen molar-refractivity contribution in [2.45, 2.75) is 51.9 Å². The van der Waals surface area contributed by atoms with E-state index in [4.69, 9.17) is 9.47 Å². The molecule has 0 bridgehead atoms. The van der Waals surface area contributed by atoms with Crippen LogP contribution in [0.4, 0.5) is 4.39 Å². The zero-order valence-corrected chi connectivity index (χ0v) is 21.5. The molecular formula is C28H30FNO5S. The van der Waals surface area contributed by atoms with Crippen LogP contribution in [0.25, 0.3) is 0 Å². The van der Waals surface area contributed by atoms with Crippen molar-refractivity contribution in [2.75, 3.05) is 13.2 Å². The van der Waals surface area contributed by atoms with Gasteiger partial charge in [-0.25, -0.2) is 9.18 Å². The number of ketones is 1. The smallest absolute Gasteiger partial charge is 0.336 e. The maximum atomic E-state index is 15.3. The van der Waals surface area contributed by atoms with E-state index < -0.39 is 41.3 Å². The van der Waals surface area contributed by atoms with Crippen molar-refractivity contribution in [3.8, 4) is 0 Å². The van der Waals surface area contributed by atoms with Gasteiger partial charge in [-0.15, -0.1) is 11.3 Å². The standard InChI is InChI=1S/C28H30FNO5S/c1-4-10-19-25(28(33)35-6-3)22(16-11-7-8-12-18(16)29)24-20(30-19)15-17(21-13-9-14-36-21)23(26(24)31)27(32)34-5-2/h7-9,11-14,17,22-23,30H,4-6,10,15H2,1-3H3/t17-,22-,23-/m0/s1. The Balaban J connectivity index is 1.94. The Morgan fingerprint density at radius 1 is 1.08 bits per heavy atom. The van der Waals surface area contributed by atoms with Crippen LogP contribution in [0.1, 0.15) is 62.3 Å². The summed E-state index contributed by atoms with van der Waals surface area (Å²) < 4.78 is 25.9. The molecule has 1 aromatic heterocycles. The van der Waals surface area contributed by atoms with Crippen LogP contribution in [0.5, 0.6) is 0 Å². The maximum absolute atomic E-state index is 15.3. The number of esters is 2. The lowest BCUT2D eigenvalue weighted by atomic mass is 9.68. The number of hydrogen-bond donors (Lipinski definition) is 1. The fraction of sp³-hybridized carbons (Fsp3) is 0.393. The number of ether oxygens (including phenoxy) is 2. The van der Waals surface area contributed by atoms with Crippen molar-refractivity contribution in [1.82, 2.24) is 5.32 Å². The molecule has 2 aliphatic rings. The molecule has 0 saturated heterocycles. The second kappa shape index (κ2) is 11.2. The lowest BCUT2D eigenvalue weighted by Crippen LogP contribution is -2.43. The van der Waals surface area contributed by atoms with E-state index in [0.717, 1.165) is 11.3 Å². The molecule has 6 nitrogen and oxygen atoms in total. The molecule has 1 aromatic carbocycles. The lowest BCUT2D eigenvalue weighted by Gasteiger charge is -2.39. The number of rotatable bonds is 8. The van der Waals surface area contributed by atoms with Crippen molar-refractivity contribution < 1.29 is 28.2 Å². The molecule has 190 valence electrons. The quantitative estimate of drug-likeness (QED) is 0.379. The third-order valence-electron chi connectivity index (χ3n) is 6.56. The molecule has 0 fully saturated rings. The van der Waals surface area contributed by atoms with E-state index in [-0.39, 0.29) is 29.9 Å². The summed E-state index contributed by atoms with van der Waals surface area (Å²) in [6.45, 7) is 5.65. The Hall–Kier alpha value is -3.26. The van der Waals surface area contributed by atoms with Crippen LogP contribution >= 0.6 is 11.3 Å². The van der Waals surface area contributed by atoms with Crippen LogP contribution in [0, 0.1) is 11.7 Å². The van der Waals surface area contributed by atoms with Gasteiger partial charge in [-0.2, -0.15) is 0 Å². The van der Waals surface area contributed by atoms with Crippen LogP contribution in [-0.2, 0) is 23.9 Å². The van der Waals surface area contributed by atoms with Gasteiger partial charge in [0.2, 0.25) is 0 Å². The molecule has 36 heavy (non-hydrogen) atoms. The molecule has 3 atom stereocenters. The summed E-state index contributed by atoms with van der Waals surface area (Å²) in [5, 5.41) is 5.25. The zero-order chi connectivity index (χ0) is 25.8. The Kier molecular flexibility index (Phi) is 8.04. The van der Waals surface area contributed by atoms with Gasteiger partial charge in [0.15, 0.2) is 5.78 Å². The number of nitrogens with one attached hydrogen (secondary N) is 1. The summed E-state index contributed by atoms with van der Waals surface area (Å²) in [7, 11) is 0. The highest BCUT2D eigenvalue weighted by Crippen LogP contribution is 2.49. The van der Waals surface area contributed by atoms with Gasteiger partial charge in [0.25, 0.3) is 0 Å². The number of Topliss-reactive ketones (excluding diaryl/α,β-unsaturated/α-hetero) is 1. The Morgan fingerprint density at radius 2 is 1.83 bits per heavy atom. The fourth-order valence-electron chi connectivity index (χ4n) is 5.14. The molecule has 8 heteroatoms. The summed E-state index contributed by atoms with van der Waals surface area (Å²) in [6.07, 6.45) is 1.61. The predicted molar refractivity (Wildman–Crippen MR) is 135 cm³/mol. The van der Waals surface area contributed by atoms with E-state index in [9.17, 15) is 14.4 Å². The van der Waals surface area contributed by atoms with Gasteiger partial charge in [-0.1, -0.05) is 37.6 Å². The average molecular weight is 512 g/mol. The molecule has 0 unspecified atom stereocenters. The maximum Gasteiger partial charge on any atom is 0.336 e. The molecule has 0 radical (unpaired) electrons. The SMILES string of the molecule is CCCC1=C(C(=O)OCC)[C@@H](c2ccccc2F)C2=C(C[C@@H](c3cccs3)[C@H](C(=O)OCC)C2=O)N1. The van der Waals surface area contributed by atoms with Crippen molar-refractivity contribution in [3.63, 3.8) is 0 Å². The van der Waals surface area contributed by atoms with E-state index in [1.165, 1.54) is 17.4 Å². The van der Waals surface area contributed by atoms with Crippen molar-refractivity contribution in [2.24, 2.45) is 5.92 Å². The summed E-state index contributed by atoms with van der Waals surface area (Å²) in [4.78, 5) is 41.5. The molecule has 2 aromatic rings. The van der Waals surface area contributed by atoms with E-state index in [1.807, 2.05) is 24.4 Å². The monoisotopic (exact) mass is 511 g/mol. The average Bonchev–Trinajstić information content (AvgIpc) is 3.39. The van der Waals surface area contributed by atoms with Crippen LogP contribution in [0.3, 0.4) is 0 Å². The molecule has 1 aliphatic carbocycles. The van der Waals surface area contributed by atoms with Gasteiger partial charge in [-0.05, 0) is 44.2 Å². The second-order valence-corrected chi connectivity index (χ2v) is 9.73. The summed E-state index contributed by atoms with van der Waals surface area (Å²) >= 11 is 1.48. The number of dihydropyridines is 1. The Bertz CT molecular complexity index is 1220. The van der Waals surface area contributed by atoms with E-state index in [2.05, 4.69) is 5.32 Å². The third kappa shape index (κ3) is 4.74. The highest BCUT2D eigenvalue weighted by molar-refractivity contribution is 7.10. The number of thiophene rings is 1. The van der Waals surface area contributed by atoms with Gasteiger partial charge in [-0.3, -0.25) is 9.59 Å². The first kappa shape index (κ1) is 25.8. The second-order valence-electron chi connectivity index (χ2n) is 8.75. The first-order valence-corrected chi connectivity index (χ1v) is 13.2. The molecule has 0 amide bonds. The number of allylic oxidation sites excluding steroid dienone is 3. The molecule has 0 spiro atoms. The van der Waals surface area contributed by atoms with Gasteiger partial charge in [0.05, 0.1) is 24.7 Å². The normalized spacial score (nSPS) is 21.7. The van der Waals surface area contributed by atoms with E-state index in [0.29, 0.717) is 24.2 Å². The van der Waals surface area contributed by atoms with E-state index >= 15 is 4.39 Å². The number of halogens is 1. The Labute approximate surface area is 214 Å². The molecule has 2 heterocycles.